The van der Waals surface area contributed by atoms with Gasteiger partial charge in [0.05, 0.1) is 64.9 Å². The number of ketones is 1. The number of allylic oxidation sites excluding steroid dienone is 1. The van der Waals surface area contributed by atoms with E-state index in [9.17, 15) is 22.8 Å². The van der Waals surface area contributed by atoms with Crippen molar-refractivity contribution in [2.75, 3.05) is 20.2 Å². The summed E-state index contributed by atoms with van der Waals surface area (Å²) >= 11 is 0. The van der Waals surface area contributed by atoms with Crippen LogP contribution >= 0.6 is 0 Å². The number of Topliss-reactive ketones (excluding diaryl/α,β-unsaturated/α-hetero) is 1. The minimum atomic E-state index is -3.90. The summed E-state index contributed by atoms with van der Waals surface area (Å²) in [7, 11) is -2.31. The van der Waals surface area contributed by atoms with E-state index < -0.39 is 56.0 Å². The summed E-state index contributed by atoms with van der Waals surface area (Å²) in [6, 6.07) is 27.6. The Balaban J connectivity index is 1.02. The summed E-state index contributed by atoms with van der Waals surface area (Å²) in [5, 5.41) is 7.86. The van der Waals surface area contributed by atoms with E-state index in [-0.39, 0.29) is 55.9 Å². The van der Waals surface area contributed by atoms with Gasteiger partial charge in [-0.25, -0.2) is 13.4 Å². The number of likely N-dealkylation sites (tertiary alicyclic amines) is 2. The quantitative estimate of drug-likeness (QED) is 0.0916. The lowest BCUT2D eigenvalue weighted by molar-refractivity contribution is -0.149. The molecule has 2 saturated carbocycles. The highest BCUT2D eigenvalue weighted by Crippen LogP contribution is 2.57. The minimum absolute atomic E-state index is 0.0273. The van der Waals surface area contributed by atoms with E-state index in [0.29, 0.717) is 47.5 Å². The summed E-state index contributed by atoms with van der Waals surface area (Å²) < 4.78 is 40.7. The lowest BCUT2D eigenvalue weighted by atomic mass is 9.77. The number of piperidine rings is 1. The van der Waals surface area contributed by atoms with Crippen LogP contribution in [0.25, 0.3) is 33.4 Å². The van der Waals surface area contributed by atoms with E-state index in [1.54, 1.807) is 18.1 Å². The van der Waals surface area contributed by atoms with Gasteiger partial charge in [-0.15, -0.1) is 6.58 Å². The Morgan fingerprint density at radius 3 is 2.28 bits per heavy atom. The first kappa shape index (κ1) is 46.7. The number of carbonyl (C=O) groups is 4. The lowest BCUT2D eigenvalue weighted by Crippen LogP contribution is -2.49. The van der Waals surface area contributed by atoms with Gasteiger partial charge in [-0.05, 0) is 68.1 Å². The van der Waals surface area contributed by atoms with Gasteiger partial charge >= 0.3 is 0 Å². The molecule has 0 radical (unpaired) electrons. The highest BCUT2D eigenvalue weighted by Gasteiger charge is 2.61. The molecule has 4 heterocycles. The lowest BCUT2D eigenvalue weighted by Gasteiger charge is -2.39. The number of sulfonamides is 1. The van der Waals surface area contributed by atoms with Gasteiger partial charge in [-0.1, -0.05) is 87.5 Å². The van der Waals surface area contributed by atoms with Gasteiger partial charge in [-0.2, -0.15) is 5.10 Å². The highest BCUT2D eigenvalue weighted by molar-refractivity contribution is 7.90. The van der Waals surface area contributed by atoms with Crippen LogP contribution in [-0.4, -0.2) is 94.5 Å². The van der Waals surface area contributed by atoms with Gasteiger partial charge in [0.15, 0.2) is 5.78 Å². The van der Waals surface area contributed by atoms with Gasteiger partial charge in [0.2, 0.25) is 27.7 Å². The number of ether oxygens (including phenoxy) is 2. The van der Waals surface area contributed by atoms with E-state index in [1.165, 1.54) is 0 Å². The van der Waals surface area contributed by atoms with Crippen LogP contribution in [0.4, 0.5) is 0 Å². The zero-order valence-electron chi connectivity index (χ0n) is 39.2. The molecule has 6 atom stereocenters. The van der Waals surface area contributed by atoms with Crippen LogP contribution < -0.4 is 14.2 Å². The molecule has 68 heavy (non-hydrogen) atoms. The molecule has 9 rings (SSSR count). The first-order valence-corrected chi connectivity index (χ1v) is 25.3. The van der Waals surface area contributed by atoms with Gasteiger partial charge < -0.3 is 19.3 Å². The number of aromatic nitrogens is 3. The predicted octanol–water partition coefficient (Wildman–Crippen LogP) is 8.21. The van der Waals surface area contributed by atoms with Crippen LogP contribution in [0, 0.1) is 22.7 Å². The summed E-state index contributed by atoms with van der Waals surface area (Å²) in [4.78, 5) is 67.3. The average Bonchev–Trinajstić information content (AvgIpc) is 4.23. The molecular weight excluding hydrogens is 881 g/mol. The van der Waals surface area contributed by atoms with Crippen LogP contribution in [0.5, 0.6) is 11.5 Å². The Kier molecular flexibility index (Phi) is 12.8. The first-order valence-electron chi connectivity index (χ1n) is 23.7. The minimum Gasteiger partial charge on any atom is -0.497 e. The van der Waals surface area contributed by atoms with E-state index >= 15 is 4.79 Å². The molecule has 4 fully saturated rings. The van der Waals surface area contributed by atoms with Gasteiger partial charge in [0, 0.05) is 54.5 Å². The Bertz CT molecular complexity index is 2840. The third kappa shape index (κ3) is 9.54. The largest absolute Gasteiger partial charge is 0.497 e. The number of H-pyrrole nitrogens is 1. The number of rotatable bonds is 16. The molecule has 3 aromatic carbocycles. The number of hydrogen-bond donors (Lipinski definition) is 2. The molecule has 0 spiro atoms. The molecule has 2 aliphatic carbocycles. The third-order valence-electron chi connectivity index (χ3n) is 14.4. The fourth-order valence-corrected chi connectivity index (χ4v) is 11.5. The van der Waals surface area contributed by atoms with Crippen molar-refractivity contribution in [1.29, 1.82) is 0 Å². The second-order valence-electron chi connectivity index (χ2n) is 20.1. The van der Waals surface area contributed by atoms with E-state index in [2.05, 4.69) is 21.5 Å². The normalized spacial score (nSPS) is 23.2. The van der Waals surface area contributed by atoms with Crippen LogP contribution in [0.15, 0.2) is 104 Å². The van der Waals surface area contributed by atoms with Crippen molar-refractivity contribution < 1.29 is 37.1 Å². The fourth-order valence-electron chi connectivity index (χ4n) is 10.2. The number of methoxy groups -OCH3 is 1. The fraction of sp³-hybridized carbons (Fsp3) is 0.434. The van der Waals surface area contributed by atoms with Crippen molar-refractivity contribution in [2.24, 2.45) is 22.7 Å². The van der Waals surface area contributed by atoms with Crippen LogP contribution in [0.3, 0.4) is 0 Å². The number of benzene rings is 3. The molecule has 1 unspecified atom stereocenters. The topological polar surface area (TPSA) is 181 Å². The number of fused-ring (bicyclic) bond motifs is 1. The van der Waals surface area contributed by atoms with Crippen molar-refractivity contribution in [1.82, 2.24) is 29.7 Å². The molecule has 4 aliphatic rings. The van der Waals surface area contributed by atoms with Gasteiger partial charge in [0.25, 0.3) is 0 Å². The average molecular weight is 941 g/mol. The maximum absolute atomic E-state index is 15.4. The molecule has 2 N–H and O–H groups in total. The summed E-state index contributed by atoms with van der Waals surface area (Å²) in [5.41, 5.74) is 2.70. The molecule has 5 aromatic rings. The summed E-state index contributed by atoms with van der Waals surface area (Å²) in [6.07, 6.45) is 4.32. The van der Waals surface area contributed by atoms with Crippen LogP contribution in [0.2, 0.25) is 0 Å². The second-order valence-corrected chi connectivity index (χ2v) is 22.0. The zero-order valence-corrected chi connectivity index (χ0v) is 40.0. The Morgan fingerprint density at radius 1 is 0.926 bits per heavy atom. The van der Waals surface area contributed by atoms with Crippen molar-refractivity contribution in [3.8, 4) is 34.0 Å². The van der Waals surface area contributed by atoms with E-state index in [0.717, 1.165) is 41.8 Å². The standard InChI is InChI=1S/C53H60N6O8S/c1-6-35-30-53(35,51(63)57-68(64,65)38-21-22-38)31-47(60)46-26-37(67-48-29-41(33-15-9-7-10-16-33)54-43-25-36(66-5)20-23-39(43)48)32-59(46)50(62)40(52(2,3)4)27-49(61)58-24-14-13-19-45(58)44-28-42(55-56-44)34-17-11-8-12-18-34/h6-12,15-18,20,23,25,28-29,35,37-38,40,45-46H,1,13-14,19,21-22,24,26-27,30-32H2,2-5H3,(H,55,56)(H,57,63)/t35-,37-,40-,45?,46+,53-/m1/s1. The summed E-state index contributed by atoms with van der Waals surface area (Å²) in [5.74, 6) is -1.78. The molecule has 15 heteroatoms. The number of carbonyl (C=O) groups excluding carboxylic acids is 4. The molecule has 3 amide bonds. The van der Waals surface area contributed by atoms with Crippen molar-refractivity contribution >= 4 is 44.4 Å². The SMILES string of the molecule is C=C[C@@H]1C[C@]1(CC(=O)[C@@H]1C[C@@H](Oc2cc(-c3ccccc3)nc3cc(OC)ccc23)CN1C(=O)[C@@H](CC(=O)N1CCCCC1c1cc(-c2ccccc2)n[nH]1)C(C)(C)C)C(=O)NS(=O)(=O)C1CC1. The maximum atomic E-state index is 15.4. The molecular formula is C53H60N6O8S. The van der Waals surface area contributed by atoms with Crippen molar-refractivity contribution in [3.63, 3.8) is 0 Å². The number of nitrogens with zero attached hydrogens (tertiary/aromatic N) is 4. The van der Waals surface area contributed by atoms with Crippen LogP contribution in [-0.2, 0) is 29.2 Å². The Labute approximate surface area is 397 Å². The smallest absolute Gasteiger partial charge is 0.240 e. The molecule has 356 valence electrons. The highest BCUT2D eigenvalue weighted by atomic mass is 32.2. The molecule has 2 saturated heterocycles. The Morgan fingerprint density at radius 2 is 1.63 bits per heavy atom. The number of hydrogen-bond acceptors (Lipinski definition) is 10. The first-order chi connectivity index (χ1) is 32.6. The zero-order chi connectivity index (χ0) is 48.0. The molecule has 0 bridgehead atoms. The maximum Gasteiger partial charge on any atom is 0.240 e. The molecule has 2 aromatic heterocycles. The molecule has 2 aliphatic heterocycles. The van der Waals surface area contributed by atoms with E-state index in [1.807, 2.05) is 117 Å². The number of nitrogens with one attached hydrogen (secondary N) is 2. The Hall–Kier alpha value is -6.35. The van der Waals surface area contributed by atoms with Crippen molar-refractivity contribution in [2.45, 2.75) is 102 Å². The van der Waals surface area contributed by atoms with E-state index in [4.69, 9.17) is 14.5 Å². The predicted molar refractivity (Wildman–Crippen MR) is 259 cm³/mol. The van der Waals surface area contributed by atoms with Crippen molar-refractivity contribution in [3.05, 3.63) is 109 Å². The van der Waals surface area contributed by atoms with Gasteiger partial charge in [0.1, 0.15) is 17.6 Å². The second kappa shape index (κ2) is 18.6. The molecule has 14 nitrogen and oxygen atoms in total. The monoisotopic (exact) mass is 940 g/mol. The van der Waals surface area contributed by atoms with Crippen LogP contribution in [0.1, 0.15) is 90.3 Å². The number of amides is 3. The third-order valence-corrected chi connectivity index (χ3v) is 16.2. The summed E-state index contributed by atoms with van der Waals surface area (Å²) in [6.45, 7) is 10.2. The number of pyridine rings is 1. The number of aromatic amines is 1. The van der Waals surface area contributed by atoms with Gasteiger partial charge in [-0.3, -0.25) is 29.0 Å².